The summed E-state index contributed by atoms with van der Waals surface area (Å²) < 4.78 is 120. The van der Waals surface area contributed by atoms with Crippen LogP contribution in [-0.2, 0) is 18.9 Å². The zero-order valence-corrected chi connectivity index (χ0v) is 39.4. The summed E-state index contributed by atoms with van der Waals surface area (Å²) in [4.78, 5) is 99.3. The van der Waals surface area contributed by atoms with E-state index in [0.717, 1.165) is 12.4 Å². The largest absolute Gasteiger partial charge is 0.390 e. The zero-order chi connectivity index (χ0) is 65.7. The van der Waals surface area contributed by atoms with E-state index in [1.165, 1.54) is 0 Å². The summed E-state index contributed by atoms with van der Waals surface area (Å²) in [5, 5.41) is 113. The van der Waals surface area contributed by atoms with Crippen molar-refractivity contribution in [2.24, 2.45) is 0 Å². The van der Waals surface area contributed by atoms with Crippen molar-refractivity contribution in [3.05, 3.63) is 130 Å². The maximum atomic E-state index is 14.4. The average Bonchev–Trinajstić information content (AvgIpc) is 1.75. The summed E-state index contributed by atoms with van der Waals surface area (Å²) in [6.07, 6.45) is -4.54. The first-order chi connectivity index (χ1) is 39.4. The van der Waals surface area contributed by atoms with Crippen LogP contribution in [0.25, 0.3) is 0 Å². The van der Waals surface area contributed by atoms with Crippen molar-refractivity contribution >= 4 is 0 Å². The fourth-order valence-corrected chi connectivity index (χ4v) is 7.01. The Labute approximate surface area is 447 Å². The summed E-state index contributed by atoms with van der Waals surface area (Å²) in [5.74, 6) is -5.92. The van der Waals surface area contributed by atoms with E-state index >= 15 is 0 Å². The molecule has 32 nitrogen and oxygen atoms in total. The molecule has 36 heteroatoms. The molecule has 4 saturated heterocycles. The highest BCUT2D eigenvalue weighted by Crippen LogP contribution is 2.40. The maximum Gasteiger partial charge on any atom is 0.330 e. The highest BCUT2D eigenvalue weighted by atomic mass is 19.2. The summed E-state index contributed by atoms with van der Waals surface area (Å²) >= 11 is 0. The number of aliphatic hydroxyl groups excluding tert-OH is 10. The molecule has 4 aromatic heterocycles. The molecule has 4 aliphatic heterocycles. The number of alkyl halides is 4. The van der Waals surface area contributed by atoms with E-state index in [2.05, 4.69) is 18.9 Å². The molecule has 0 aliphatic carbocycles. The van der Waals surface area contributed by atoms with Gasteiger partial charge in [0.1, 0.15) is 97.4 Å². The van der Waals surface area contributed by atoms with Crippen LogP contribution < -0.4 is 45.0 Å². The quantitative estimate of drug-likeness (QED) is 0.0575. The van der Waals surface area contributed by atoms with Crippen molar-refractivity contribution in [2.75, 3.05) is 26.3 Å². The van der Waals surface area contributed by atoms with Crippen LogP contribution in [0.2, 0.25) is 0 Å². The zero-order valence-electron chi connectivity index (χ0n) is 45.4. The number of aromatic nitrogens is 8. The molecule has 8 heterocycles. The first-order valence-electron chi connectivity index (χ1n) is 24.4. The first kappa shape index (κ1) is 54.0. The molecule has 0 bridgehead atoms. The monoisotopic (exact) mass is 1150 g/mol. The number of terminal acetylenes is 4. The minimum Gasteiger partial charge on any atom is -0.390 e. The molecule has 8 rings (SSSR count). The van der Waals surface area contributed by atoms with Crippen LogP contribution >= 0.6 is 0 Å². The smallest absolute Gasteiger partial charge is 0.330 e. The fraction of sp³-hybridized carbons (Fsp3) is 0.455. The van der Waals surface area contributed by atoms with Crippen LogP contribution in [0.1, 0.15) is 55.3 Å². The molecule has 432 valence electrons. The Morgan fingerprint density at radius 2 is 0.688 bits per heavy atom. The summed E-state index contributed by atoms with van der Waals surface area (Å²) in [5.41, 5.74) is -9.73. The van der Waals surface area contributed by atoms with E-state index in [-0.39, 0.29) is 21.3 Å². The lowest BCUT2D eigenvalue weighted by molar-refractivity contribution is -0.207. The molecule has 0 radical (unpaired) electrons. The van der Waals surface area contributed by atoms with E-state index in [4.69, 9.17) is 54.3 Å². The number of ether oxygens (including phenoxy) is 4. The van der Waals surface area contributed by atoms with Crippen molar-refractivity contribution in [3.8, 4) is 49.4 Å². The number of aliphatic hydroxyl groups is 12. The third-order valence-electron chi connectivity index (χ3n) is 11.3. The van der Waals surface area contributed by atoms with E-state index < -0.39 is 174 Å². The summed E-state index contributed by atoms with van der Waals surface area (Å²) in [6, 6.07) is 0. The molecular weight excluding hydrogens is 1100 g/mol. The maximum absolute atomic E-state index is 14.4. The number of aromatic amines is 4. The number of rotatable bonds is 8. The van der Waals surface area contributed by atoms with E-state index in [1.54, 1.807) is 15.0 Å². The number of halogens is 4. The SMILES string of the molecule is C#Cc1cn([C@@H]2O[C@](F)(CO)[C@@H](O)[C@H]2O)c(=O)[nH]c1=O.[2H]C([2H])(O)[C@@]1(F)O[C@@H](n2cc(C#C)c(=O)[nH]c2=O)[C@H](O)[C@@H]1O.[2H]C([2H])(O)[C@@]1(F)O[C@@]([2H])(n2cc(C#C)c(=O)[nH]c2=O)[C@H](O)[C@@H]1O.[2H][C@@]1(n2cc(C#C)c(=O)[nH]c2=O)O[C@](F)(CO)[C@@H](O)[C@H]1O. The van der Waals surface area contributed by atoms with Gasteiger partial charge in [-0.15, -0.1) is 25.7 Å². The first-order valence-corrected chi connectivity index (χ1v) is 21.4. The Balaban J connectivity index is 0.000000210. The molecule has 0 unspecified atom stereocenters. The van der Waals surface area contributed by atoms with Gasteiger partial charge in [-0.05, 0) is 0 Å². The Kier molecular flexibility index (Phi) is 16.3. The van der Waals surface area contributed by atoms with Crippen molar-refractivity contribution in [1.29, 1.82) is 0 Å². The highest BCUT2D eigenvalue weighted by Gasteiger charge is 2.59. The topological polar surface area (TPSA) is 499 Å². The van der Waals surface area contributed by atoms with Crippen molar-refractivity contribution < 1.29 is 106 Å². The number of nitrogens with zero attached hydrogens (tertiary/aromatic N) is 4. The van der Waals surface area contributed by atoms with Gasteiger partial charge in [-0.2, -0.15) is 0 Å². The van der Waals surface area contributed by atoms with Crippen LogP contribution in [0.3, 0.4) is 0 Å². The summed E-state index contributed by atoms with van der Waals surface area (Å²) in [7, 11) is 0. The van der Waals surface area contributed by atoms with Crippen molar-refractivity contribution in [3.63, 3.8) is 0 Å². The van der Waals surface area contributed by atoms with Gasteiger partial charge in [0, 0.05) is 24.8 Å². The highest BCUT2D eigenvalue weighted by molar-refractivity contribution is 5.29. The lowest BCUT2D eigenvalue weighted by atomic mass is 10.1. The lowest BCUT2D eigenvalue weighted by Crippen LogP contribution is -2.42. The second-order valence-electron chi connectivity index (χ2n) is 16.3. The van der Waals surface area contributed by atoms with E-state index in [0.29, 0.717) is 26.1 Å². The minimum atomic E-state index is -3.92. The number of H-pyrrole nitrogens is 4. The second-order valence-corrected chi connectivity index (χ2v) is 16.3. The normalized spacial score (nSPS) is 36.4. The van der Waals surface area contributed by atoms with Gasteiger partial charge in [-0.3, -0.25) is 57.4 Å². The number of hydrogen-bond acceptors (Lipinski definition) is 24. The van der Waals surface area contributed by atoms with Gasteiger partial charge in [0.05, 0.1) is 8.22 Å². The molecule has 0 amide bonds. The van der Waals surface area contributed by atoms with Crippen LogP contribution in [-0.4, -0.2) is 198 Å². The number of hydrogen-bond donors (Lipinski definition) is 16. The fourth-order valence-electron chi connectivity index (χ4n) is 7.01. The van der Waals surface area contributed by atoms with Gasteiger partial charge in [-0.1, -0.05) is 23.7 Å². The van der Waals surface area contributed by atoms with Crippen LogP contribution in [0.5, 0.6) is 0 Å². The lowest BCUT2D eigenvalue weighted by Gasteiger charge is -2.19. The molecule has 0 spiro atoms. The Hall–Kier alpha value is -7.96. The van der Waals surface area contributed by atoms with Crippen molar-refractivity contribution in [1.82, 2.24) is 38.2 Å². The number of nitrogens with one attached hydrogen (secondary N) is 4. The molecule has 4 aliphatic rings. The molecule has 80 heavy (non-hydrogen) atoms. The molecule has 4 fully saturated rings. The van der Waals surface area contributed by atoms with E-state index in [9.17, 15) is 96.8 Å². The molecule has 16 atom stereocenters. The standard InChI is InChI=1S/4C11H11FN2O6/c4*1-2-5-3-14(10(19)13-8(5)18)9-6(16)7(17)11(12,4-15)20-9/h4*1,3,6-7,9,15-17H,4H2,(H,13,18,19)/t4*6-,7+,9-,11-/m1111/s1/i4D2,9D;9D;4D2;. The Morgan fingerprint density at radius 1 is 0.450 bits per heavy atom. The van der Waals surface area contributed by atoms with Gasteiger partial charge in [0.15, 0.2) is 24.9 Å². The molecule has 0 saturated carbocycles. The van der Waals surface area contributed by atoms with Crippen LogP contribution in [0, 0.1) is 49.4 Å². The third-order valence-corrected chi connectivity index (χ3v) is 11.3. The minimum absolute atomic E-state index is 0.171. The summed E-state index contributed by atoms with van der Waals surface area (Å²) in [6.45, 7) is -10.0. The molecular formula is C44H44F4N8O24. The van der Waals surface area contributed by atoms with Gasteiger partial charge in [-0.25, -0.2) is 36.7 Å². The van der Waals surface area contributed by atoms with E-state index in [1.807, 2.05) is 28.7 Å². The molecule has 0 aromatic carbocycles. The Morgan fingerprint density at radius 3 is 0.950 bits per heavy atom. The average molecular weight is 1150 g/mol. The Bertz CT molecular complexity index is 3960. The molecule has 4 aromatic rings. The predicted molar refractivity (Wildman–Crippen MR) is 249 cm³/mol. The van der Waals surface area contributed by atoms with Crippen LogP contribution in [0.15, 0.2) is 63.1 Å². The molecule has 16 N–H and O–H groups in total. The second kappa shape index (κ2) is 24.2. The predicted octanol–water partition coefficient (Wildman–Crippen LogP) is -10.3. The van der Waals surface area contributed by atoms with Crippen molar-refractivity contribution in [2.45, 2.75) is 97.1 Å². The van der Waals surface area contributed by atoms with Crippen LogP contribution in [0.4, 0.5) is 17.6 Å². The van der Waals surface area contributed by atoms with Gasteiger partial charge in [0.2, 0.25) is 0 Å². The third kappa shape index (κ3) is 11.8. The van der Waals surface area contributed by atoms with Gasteiger partial charge < -0.3 is 80.2 Å². The van der Waals surface area contributed by atoms with Gasteiger partial charge in [0.25, 0.3) is 45.7 Å². The van der Waals surface area contributed by atoms with Gasteiger partial charge >= 0.3 is 22.8 Å².